The smallest absolute Gasteiger partial charge is 0.375 e. The molecular formula is C53H63F3N10O6. The number of fused-ring (bicyclic) bond motifs is 2. The Morgan fingerprint density at radius 2 is 1.65 bits per heavy atom. The molecule has 2 aromatic heterocycles. The molecule has 4 amide bonds. The Morgan fingerprint density at radius 3 is 2.33 bits per heavy atom. The minimum Gasteiger partial charge on any atom is -0.375 e. The predicted octanol–water partition coefficient (Wildman–Crippen LogP) is 6.52. The van der Waals surface area contributed by atoms with E-state index in [2.05, 4.69) is 44.1 Å². The number of anilines is 2. The molecule has 11 rings (SSSR count). The lowest BCUT2D eigenvalue weighted by molar-refractivity contribution is -0.139. The summed E-state index contributed by atoms with van der Waals surface area (Å²) in [6.07, 6.45) is 4.45. The monoisotopic (exact) mass is 992 g/mol. The van der Waals surface area contributed by atoms with Crippen LogP contribution in [0.25, 0.3) is 0 Å². The Balaban J connectivity index is 0.661. The number of hydrogen-bond donors (Lipinski definition) is 1. The van der Waals surface area contributed by atoms with Crippen LogP contribution in [0.4, 0.5) is 24.7 Å². The molecule has 0 spiro atoms. The molecule has 1 N–H and O–H groups in total. The third-order valence-electron chi connectivity index (χ3n) is 16.6. The number of imide groups is 1. The number of aromatic nitrogens is 4. The molecule has 0 radical (unpaired) electrons. The molecule has 16 nitrogen and oxygen atoms in total. The largest absolute Gasteiger partial charge is 0.416 e. The molecule has 382 valence electrons. The van der Waals surface area contributed by atoms with E-state index >= 15 is 0 Å². The van der Waals surface area contributed by atoms with Crippen LogP contribution in [0.15, 0.2) is 54.9 Å². The van der Waals surface area contributed by atoms with Gasteiger partial charge in [0, 0.05) is 82.5 Å². The lowest BCUT2D eigenvalue weighted by atomic mass is 9.85. The summed E-state index contributed by atoms with van der Waals surface area (Å²) < 4.78 is 59.2. The van der Waals surface area contributed by atoms with Crippen molar-refractivity contribution in [2.24, 2.45) is 13.0 Å². The molecule has 8 heterocycles. The van der Waals surface area contributed by atoms with E-state index in [1.165, 1.54) is 11.0 Å². The number of carbonyl (C=O) groups excluding carboxylic acids is 4. The van der Waals surface area contributed by atoms with Crippen LogP contribution in [0.5, 0.6) is 0 Å². The van der Waals surface area contributed by atoms with Gasteiger partial charge in [0.25, 0.3) is 11.8 Å². The zero-order chi connectivity index (χ0) is 50.3. The molecule has 2 aromatic carbocycles. The van der Waals surface area contributed by atoms with E-state index in [1.807, 2.05) is 38.2 Å². The van der Waals surface area contributed by atoms with Crippen molar-refractivity contribution in [3.63, 3.8) is 0 Å². The lowest BCUT2D eigenvalue weighted by Crippen LogP contribution is -2.59. The fourth-order valence-corrected chi connectivity index (χ4v) is 12.6. The Bertz CT molecular complexity index is 2780. The molecule has 3 unspecified atom stereocenters. The summed E-state index contributed by atoms with van der Waals surface area (Å²) in [6.45, 7) is 11.7. The SMILES string of the molecule is CC1c2nc(N3CCC(O[C@H]4CC[C@H](CN5CCN(Cc6cc7c(c(C(F)(F)F)c6)CN(c6cccc(C8(c9nncn9C)CCO8)c6)C7=O)C(C)(C)C5)CC4)CC3)ccc2C(=O)N1C1CCC(=O)NC1=O. The normalized spacial score (nSPS) is 27.3. The highest BCUT2D eigenvalue weighted by Crippen LogP contribution is 2.46. The number of nitrogens with zero attached hydrogens (tertiary/aromatic N) is 9. The number of hydrogen-bond acceptors (Lipinski definition) is 12. The summed E-state index contributed by atoms with van der Waals surface area (Å²) in [4.78, 5) is 66.8. The number of ether oxygens (including phenoxy) is 2. The maximum absolute atomic E-state index is 14.9. The van der Waals surface area contributed by atoms with Crippen LogP contribution in [0.3, 0.4) is 0 Å². The van der Waals surface area contributed by atoms with E-state index in [4.69, 9.17) is 14.5 Å². The first kappa shape index (κ1) is 48.5. The number of alkyl halides is 3. The molecule has 7 aliphatic rings. The second kappa shape index (κ2) is 18.6. The lowest BCUT2D eigenvalue weighted by Gasteiger charge is -2.48. The maximum Gasteiger partial charge on any atom is 0.416 e. The van der Waals surface area contributed by atoms with Gasteiger partial charge < -0.3 is 28.7 Å². The molecule has 4 saturated heterocycles. The quantitative estimate of drug-likeness (QED) is 0.163. The van der Waals surface area contributed by atoms with Gasteiger partial charge in [0.05, 0.1) is 48.2 Å². The van der Waals surface area contributed by atoms with Crippen molar-refractivity contribution < 1.29 is 41.8 Å². The number of pyridine rings is 1. The fraction of sp³-hybridized carbons (Fsp3) is 0.566. The summed E-state index contributed by atoms with van der Waals surface area (Å²) in [5.41, 5.74) is 1.10. The van der Waals surface area contributed by atoms with Gasteiger partial charge in [-0.05, 0) is 125 Å². The van der Waals surface area contributed by atoms with E-state index in [-0.39, 0.29) is 59.7 Å². The van der Waals surface area contributed by atoms with Gasteiger partial charge in [-0.1, -0.05) is 12.1 Å². The average molecular weight is 993 g/mol. The Labute approximate surface area is 417 Å². The molecule has 1 saturated carbocycles. The van der Waals surface area contributed by atoms with E-state index in [9.17, 15) is 32.3 Å². The molecule has 0 bridgehead atoms. The van der Waals surface area contributed by atoms with Crippen molar-refractivity contribution in [1.29, 1.82) is 0 Å². The van der Waals surface area contributed by atoms with Gasteiger partial charge in [0.2, 0.25) is 11.8 Å². The molecule has 1 aliphatic carbocycles. The number of piperazine rings is 1. The zero-order valence-corrected chi connectivity index (χ0v) is 41.4. The summed E-state index contributed by atoms with van der Waals surface area (Å²) in [5.74, 6) is 0.562. The van der Waals surface area contributed by atoms with Crippen molar-refractivity contribution >= 4 is 35.1 Å². The van der Waals surface area contributed by atoms with Crippen LogP contribution in [-0.2, 0) is 51.0 Å². The Kier molecular flexibility index (Phi) is 12.5. The van der Waals surface area contributed by atoms with Gasteiger partial charge in [-0.3, -0.25) is 34.3 Å². The van der Waals surface area contributed by atoms with E-state index in [1.54, 1.807) is 34.0 Å². The number of piperidine rings is 2. The predicted molar refractivity (Wildman–Crippen MR) is 259 cm³/mol. The van der Waals surface area contributed by atoms with Gasteiger partial charge in [0.1, 0.15) is 18.2 Å². The van der Waals surface area contributed by atoms with Crippen LogP contribution < -0.4 is 15.1 Å². The minimum absolute atomic E-state index is 0.00139. The average Bonchev–Trinajstić information content (AvgIpc) is 3.99. The van der Waals surface area contributed by atoms with Crippen molar-refractivity contribution in [2.75, 3.05) is 55.7 Å². The highest BCUT2D eigenvalue weighted by molar-refractivity contribution is 6.10. The molecule has 19 heteroatoms. The topological polar surface area (TPSA) is 159 Å². The standard InChI is InChI=1S/C53H63F3N10O6/c1-32-46-39(49(70)66(32)43-13-15-45(67)59-47(43)68)12-14-44(58-46)63-19-16-38(17-20-63)72-37-10-8-33(9-11-37)27-62-21-22-64(51(2,3)30-62)28-34-24-40-41(42(25-34)53(54,55)56)29-65(48(40)69)36-7-5-6-35(26-36)52(18-23-71-52)50-60-57-31-61(50)4/h5-7,12,14,24-26,31-33,37-38,43H,8-11,13,15-23,27-30H2,1-4H3,(H,59,67,68)/t32?,33-,37-,43?,52?. The van der Waals surface area contributed by atoms with Crippen LogP contribution in [-0.4, -0.2) is 128 Å². The van der Waals surface area contributed by atoms with Crippen LogP contribution in [0.1, 0.15) is 139 Å². The van der Waals surface area contributed by atoms with E-state index in [0.29, 0.717) is 66.8 Å². The molecule has 5 fully saturated rings. The molecule has 3 atom stereocenters. The van der Waals surface area contributed by atoms with Crippen LogP contribution >= 0.6 is 0 Å². The van der Waals surface area contributed by atoms with Crippen LogP contribution in [0, 0.1) is 5.92 Å². The third kappa shape index (κ3) is 8.86. The maximum atomic E-state index is 14.9. The first-order chi connectivity index (χ1) is 34.5. The number of carbonyl (C=O) groups is 4. The summed E-state index contributed by atoms with van der Waals surface area (Å²) in [7, 11) is 1.84. The van der Waals surface area contributed by atoms with E-state index < -0.39 is 35.2 Å². The first-order valence-corrected chi connectivity index (χ1v) is 25.6. The highest BCUT2D eigenvalue weighted by Gasteiger charge is 2.48. The zero-order valence-electron chi connectivity index (χ0n) is 41.4. The number of rotatable bonds is 11. The Morgan fingerprint density at radius 1 is 0.889 bits per heavy atom. The summed E-state index contributed by atoms with van der Waals surface area (Å²) >= 11 is 0. The molecule has 72 heavy (non-hydrogen) atoms. The first-order valence-electron chi connectivity index (χ1n) is 25.6. The van der Waals surface area contributed by atoms with Crippen molar-refractivity contribution in [2.45, 2.75) is 133 Å². The minimum atomic E-state index is -4.64. The van der Waals surface area contributed by atoms with E-state index in [0.717, 1.165) is 82.6 Å². The molecule has 6 aliphatic heterocycles. The van der Waals surface area contributed by atoms with Crippen molar-refractivity contribution in [3.8, 4) is 0 Å². The number of nitrogens with one attached hydrogen (secondary N) is 1. The molecular weight excluding hydrogens is 930 g/mol. The van der Waals surface area contributed by atoms with Gasteiger partial charge in [-0.2, -0.15) is 13.2 Å². The fourth-order valence-electron chi connectivity index (χ4n) is 12.6. The number of amides is 4. The van der Waals surface area contributed by atoms with Gasteiger partial charge in [-0.25, -0.2) is 4.98 Å². The second-order valence-electron chi connectivity index (χ2n) is 21.7. The second-order valence-corrected chi connectivity index (χ2v) is 21.7. The van der Waals surface area contributed by atoms with Crippen molar-refractivity contribution in [3.05, 3.63) is 99.8 Å². The number of halogens is 3. The number of benzene rings is 2. The third-order valence-corrected chi connectivity index (χ3v) is 16.6. The summed E-state index contributed by atoms with van der Waals surface area (Å²) in [6, 6.07) is 12.8. The van der Waals surface area contributed by atoms with Gasteiger partial charge in [0.15, 0.2) is 11.4 Å². The number of aryl methyl sites for hydroxylation is 1. The highest BCUT2D eigenvalue weighted by atomic mass is 19.4. The molecule has 4 aromatic rings. The van der Waals surface area contributed by atoms with Crippen LogP contribution in [0.2, 0.25) is 0 Å². The van der Waals surface area contributed by atoms with Gasteiger partial charge in [-0.15, -0.1) is 10.2 Å². The van der Waals surface area contributed by atoms with Gasteiger partial charge >= 0.3 is 6.18 Å². The Hall–Kier alpha value is -5.76. The van der Waals surface area contributed by atoms with Crippen molar-refractivity contribution in [1.82, 2.24) is 39.8 Å². The summed E-state index contributed by atoms with van der Waals surface area (Å²) in [5, 5.41) is 10.7.